The molecule has 138 valence electrons. The number of nitrogens with one attached hydrogen (secondary N) is 1. The minimum Gasteiger partial charge on any atom is -0.486 e. The highest BCUT2D eigenvalue weighted by atomic mass is 32.2. The number of nitrogens with zero attached hydrogens (tertiary/aromatic N) is 1. The van der Waals surface area contributed by atoms with Gasteiger partial charge in [0.15, 0.2) is 11.5 Å². The molecule has 3 rings (SSSR count). The van der Waals surface area contributed by atoms with Gasteiger partial charge in [-0.1, -0.05) is 12.5 Å². The van der Waals surface area contributed by atoms with E-state index >= 15 is 0 Å². The van der Waals surface area contributed by atoms with Crippen LogP contribution in [0.25, 0.3) is 0 Å². The molecule has 0 aromatic heterocycles. The summed E-state index contributed by atoms with van der Waals surface area (Å²) in [6.07, 6.45) is 3.09. The van der Waals surface area contributed by atoms with Crippen molar-refractivity contribution in [3.63, 3.8) is 0 Å². The fourth-order valence-electron chi connectivity index (χ4n) is 3.04. The smallest absolute Gasteiger partial charge is 0.224 e. The lowest BCUT2D eigenvalue weighted by Crippen LogP contribution is -2.40. The monoisotopic (exact) mass is 368 g/mol. The van der Waals surface area contributed by atoms with Crippen molar-refractivity contribution in [1.82, 2.24) is 9.62 Å². The summed E-state index contributed by atoms with van der Waals surface area (Å²) >= 11 is 0. The van der Waals surface area contributed by atoms with Crippen LogP contribution in [0.1, 0.15) is 24.8 Å². The van der Waals surface area contributed by atoms with E-state index in [1.54, 1.807) is 12.1 Å². The molecule has 0 aliphatic carbocycles. The van der Waals surface area contributed by atoms with Gasteiger partial charge in [0, 0.05) is 19.6 Å². The molecule has 1 amide bonds. The molecule has 0 atom stereocenters. The molecule has 1 aromatic rings. The predicted molar refractivity (Wildman–Crippen MR) is 93.4 cm³/mol. The molecular formula is C17H24N2O5S. The number of carbonyl (C=O) groups is 1. The maximum Gasteiger partial charge on any atom is 0.224 e. The summed E-state index contributed by atoms with van der Waals surface area (Å²) in [6.45, 7) is 2.33. The molecule has 1 N–H and O–H groups in total. The number of hydrogen-bond acceptors (Lipinski definition) is 5. The Morgan fingerprint density at radius 2 is 1.80 bits per heavy atom. The van der Waals surface area contributed by atoms with E-state index in [2.05, 4.69) is 5.32 Å². The number of sulfonamides is 1. The van der Waals surface area contributed by atoms with E-state index in [4.69, 9.17) is 9.47 Å². The number of benzene rings is 1. The SMILES string of the molecule is O=C(Cc1ccc2c(c1)OCCO2)NCCS(=O)(=O)N1CCCCC1. The highest BCUT2D eigenvalue weighted by Gasteiger charge is 2.23. The quantitative estimate of drug-likeness (QED) is 0.808. The van der Waals surface area contributed by atoms with Crippen molar-refractivity contribution in [1.29, 1.82) is 0 Å². The summed E-state index contributed by atoms with van der Waals surface area (Å²) in [6, 6.07) is 5.40. The Balaban J connectivity index is 1.46. The lowest BCUT2D eigenvalue weighted by Gasteiger charge is -2.25. The number of rotatable bonds is 6. The van der Waals surface area contributed by atoms with Crippen molar-refractivity contribution < 1.29 is 22.7 Å². The Kier molecular flexibility index (Phi) is 5.80. The first kappa shape index (κ1) is 18.0. The number of ether oxygens (including phenoxy) is 2. The van der Waals surface area contributed by atoms with Crippen LogP contribution in [-0.2, 0) is 21.2 Å². The average Bonchev–Trinajstić information content (AvgIpc) is 2.62. The first-order chi connectivity index (χ1) is 12.0. The van der Waals surface area contributed by atoms with Crippen LogP contribution >= 0.6 is 0 Å². The van der Waals surface area contributed by atoms with E-state index in [1.165, 1.54) is 4.31 Å². The van der Waals surface area contributed by atoms with Gasteiger partial charge >= 0.3 is 0 Å². The van der Waals surface area contributed by atoms with Crippen molar-refractivity contribution in [2.45, 2.75) is 25.7 Å². The van der Waals surface area contributed by atoms with Gasteiger partial charge in [0.1, 0.15) is 13.2 Å². The summed E-state index contributed by atoms with van der Waals surface area (Å²) in [5.41, 5.74) is 0.806. The van der Waals surface area contributed by atoms with Crippen LogP contribution in [0.4, 0.5) is 0 Å². The maximum absolute atomic E-state index is 12.2. The minimum atomic E-state index is -3.28. The number of carbonyl (C=O) groups excluding carboxylic acids is 1. The predicted octanol–water partition coefficient (Wildman–Crippen LogP) is 0.932. The number of fused-ring (bicyclic) bond motifs is 1. The average molecular weight is 368 g/mol. The van der Waals surface area contributed by atoms with E-state index in [9.17, 15) is 13.2 Å². The molecule has 7 nitrogen and oxygen atoms in total. The normalized spacial score (nSPS) is 17.9. The molecule has 0 bridgehead atoms. The molecule has 25 heavy (non-hydrogen) atoms. The van der Waals surface area contributed by atoms with Crippen molar-refractivity contribution in [2.24, 2.45) is 0 Å². The molecule has 2 aliphatic rings. The fraction of sp³-hybridized carbons (Fsp3) is 0.588. The van der Waals surface area contributed by atoms with Gasteiger partial charge in [-0.2, -0.15) is 0 Å². The third-order valence-electron chi connectivity index (χ3n) is 4.36. The molecule has 0 saturated carbocycles. The summed E-state index contributed by atoms with van der Waals surface area (Å²) in [7, 11) is -3.28. The summed E-state index contributed by atoms with van der Waals surface area (Å²) < 4.78 is 36.9. The Hall–Kier alpha value is -1.80. The van der Waals surface area contributed by atoms with Crippen LogP contribution < -0.4 is 14.8 Å². The molecule has 0 unspecified atom stereocenters. The number of piperidine rings is 1. The highest BCUT2D eigenvalue weighted by Crippen LogP contribution is 2.30. The molecule has 0 radical (unpaired) electrons. The van der Waals surface area contributed by atoms with E-state index in [1.807, 2.05) is 6.07 Å². The molecule has 8 heteroatoms. The first-order valence-electron chi connectivity index (χ1n) is 8.68. The lowest BCUT2D eigenvalue weighted by molar-refractivity contribution is -0.120. The third kappa shape index (κ3) is 4.85. The van der Waals surface area contributed by atoms with Gasteiger partial charge in [0.25, 0.3) is 0 Å². The second-order valence-electron chi connectivity index (χ2n) is 6.28. The second kappa shape index (κ2) is 8.05. The van der Waals surface area contributed by atoms with Gasteiger partial charge in [-0.3, -0.25) is 4.79 Å². The minimum absolute atomic E-state index is 0.0557. The number of amides is 1. The van der Waals surface area contributed by atoms with Crippen LogP contribution in [0.2, 0.25) is 0 Å². The lowest BCUT2D eigenvalue weighted by atomic mass is 10.1. The van der Waals surface area contributed by atoms with Crippen LogP contribution in [0, 0.1) is 0 Å². The first-order valence-corrected chi connectivity index (χ1v) is 10.3. The molecule has 2 aliphatic heterocycles. The molecular weight excluding hydrogens is 344 g/mol. The van der Waals surface area contributed by atoms with Gasteiger partial charge in [-0.05, 0) is 30.5 Å². The van der Waals surface area contributed by atoms with Crippen molar-refractivity contribution in [2.75, 3.05) is 38.6 Å². The molecule has 1 aromatic carbocycles. The zero-order valence-corrected chi connectivity index (χ0v) is 15.0. The topological polar surface area (TPSA) is 84.9 Å². The van der Waals surface area contributed by atoms with Gasteiger partial charge in [-0.25, -0.2) is 12.7 Å². The van der Waals surface area contributed by atoms with E-state index in [0.29, 0.717) is 37.8 Å². The zero-order chi connectivity index (χ0) is 17.7. The summed E-state index contributed by atoms with van der Waals surface area (Å²) in [4.78, 5) is 12.1. The van der Waals surface area contributed by atoms with Crippen molar-refractivity contribution >= 4 is 15.9 Å². The van der Waals surface area contributed by atoms with E-state index in [-0.39, 0.29) is 24.6 Å². The molecule has 1 saturated heterocycles. The maximum atomic E-state index is 12.2. The van der Waals surface area contributed by atoms with Gasteiger partial charge in [-0.15, -0.1) is 0 Å². The fourth-order valence-corrected chi connectivity index (χ4v) is 4.47. The van der Waals surface area contributed by atoms with Crippen LogP contribution in [0.15, 0.2) is 18.2 Å². The Morgan fingerprint density at radius 3 is 2.56 bits per heavy atom. The van der Waals surface area contributed by atoms with Gasteiger partial charge in [0.2, 0.25) is 15.9 Å². The Morgan fingerprint density at radius 1 is 1.08 bits per heavy atom. The third-order valence-corrected chi connectivity index (χ3v) is 6.23. The van der Waals surface area contributed by atoms with E-state index in [0.717, 1.165) is 24.8 Å². The Bertz CT molecular complexity index is 714. The zero-order valence-electron chi connectivity index (χ0n) is 14.2. The molecule has 2 heterocycles. The summed E-state index contributed by atoms with van der Waals surface area (Å²) in [5.74, 6) is 1.07. The summed E-state index contributed by atoms with van der Waals surface area (Å²) in [5, 5.41) is 2.69. The van der Waals surface area contributed by atoms with E-state index < -0.39 is 10.0 Å². The van der Waals surface area contributed by atoms with Crippen molar-refractivity contribution in [3.8, 4) is 11.5 Å². The highest BCUT2D eigenvalue weighted by molar-refractivity contribution is 7.89. The number of hydrogen-bond donors (Lipinski definition) is 1. The van der Waals surface area contributed by atoms with Crippen LogP contribution in [-0.4, -0.2) is 57.2 Å². The van der Waals surface area contributed by atoms with Crippen LogP contribution in [0.5, 0.6) is 11.5 Å². The largest absolute Gasteiger partial charge is 0.486 e. The standard InChI is InChI=1S/C17H24N2O5S/c20-17(13-14-4-5-15-16(12-14)24-10-9-23-15)18-6-11-25(21,22)19-7-2-1-3-8-19/h4-5,12H,1-3,6-11,13H2,(H,18,20). The second-order valence-corrected chi connectivity index (χ2v) is 8.37. The van der Waals surface area contributed by atoms with Gasteiger partial charge in [0.05, 0.1) is 12.2 Å². The van der Waals surface area contributed by atoms with Crippen molar-refractivity contribution in [3.05, 3.63) is 23.8 Å². The Labute approximate surface area is 148 Å². The van der Waals surface area contributed by atoms with Crippen LogP contribution in [0.3, 0.4) is 0 Å². The molecule has 1 fully saturated rings. The van der Waals surface area contributed by atoms with Gasteiger partial charge < -0.3 is 14.8 Å². The molecule has 0 spiro atoms.